The third kappa shape index (κ3) is 8.94. The molecule has 3 N–H and O–H groups in total. The smallest absolute Gasteiger partial charge is 0.338 e. The predicted octanol–water partition coefficient (Wildman–Crippen LogP) is 4.80. The molecule has 0 bridgehead atoms. The zero-order valence-corrected chi connectivity index (χ0v) is 27.4. The molecule has 3 aromatic rings. The number of nitro groups is 1. The van der Waals surface area contributed by atoms with E-state index in [1.807, 2.05) is 6.07 Å². The van der Waals surface area contributed by atoms with Crippen LogP contribution in [-0.2, 0) is 27.4 Å². The molecule has 0 aliphatic carbocycles. The van der Waals surface area contributed by atoms with Gasteiger partial charge in [-0.1, -0.05) is 24.3 Å². The molecule has 4 rings (SSSR count). The van der Waals surface area contributed by atoms with Gasteiger partial charge >= 0.3 is 5.97 Å². The first-order valence-corrected chi connectivity index (χ1v) is 15.2. The summed E-state index contributed by atoms with van der Waals surface area (Å²) < 4.78 is 22.7. The van der Waals surface area contributed by atoms with E-state index in [2.05, 4.69) is 27.7 Å². The van der Waals surface area contributed by atoms with Crippen LogP contribution in [0.15, 0.2) is 89.7 Å². The molecule has 250 valence electrons. The summed E-state index contributed by atoms with van der Waals surface area (Å²) in [6, 6.07) is 16.0. The molecule has 1 aliphatic heterocycles. The van der Waals surface area contributed by atoms with Crippen LogP contribution in [0.5, 0.6) is 17.2 Å². The van der Waals surface area contributed by atoms with Crippen molar-refractivity contribution in [3.8, 4) is 17.2 Å². The van der Waals surface area contributed by atoms with Crippen molar-refractivity contribution < 1.29 is 33.5 Å². The van der Waals surface area contributed by atoms with Crippen molar-refractivity contribution in [3.63, 3.8) is 0 Å². The summed E-state index contributed by atoms with van der Waals surface area (Å²) in [6.45, 7) is 7.28. The Hall–Kier alpha value is -5.76. The Balaban J connectivity index is 1.43. The summed E-state index contributed by atoms with van der Waals surface area (Å²) in [7, 11) is 1.50. The zero-order valence-electron chi connectivity index (χ0n) is 26.6. The van der Waals surface area contributed by atoms with Crippen LogP contribution in [0.3, 0.4) is 0 Å². The molecule has 0 aromatic heterocycles. The summed E-state index contributed by atoms with van der Waals surface area (Å²) in [6.07, 6.45) is 3.63. The summed E-state index contributed by atoms with van der Waals surface area (Å²) >= 11 is 5.32. The van der Waals surface area contributed by atoms with Gasteiger partial charge in [-0.15, -0.1) is 6.58 Å². The Morgan fingerprint density at radius 2 is 1.88 bits per heavy atom. The van der Waals surface area contributed by atoms with Gasteiger partial charge in [0.2, 0.25) is 0 Å². The Morgan fingerprint density at radius 1 is 1.12 bits per heavy atom. The predicted molar refractivity (Wildman–Crippen MR) is 183 cm³/mol. The number of esters is 1. The molecule has 1 heterocycles. The number of benzene rings is 3. The zero-order chi connectivity index (χ0) is 34.6. The van der Waals surface area contributed by atoms with Crippen LogP contribution in [0.1, 0.15) is 42.1 Å². The van der Waals surface area contributed by atoms with Crippen LogP contribution >= 0.6 is 12.2 Å². The van der Waals surface area contributed by atoms with Gasteiger partial charge < -0.3 is 29.6 Å². The Bertz CT molecular complexity index is 1760. The fourth-order valence-electron chi connectivity index (χ4n) is 4.86. The molecule has 3 aromatic carbocycles. The van der Waals surface area contributed by atoms with Crippen LogP contribution in [0.4, 0.5) is 5.69 Å². The van der Waals surface area contributed by atoms with Crippen molar-refractivity contribution in [3.05, 3.63) is 117 Å². The van der Waals surface area contributed by atoms with E-state index in [9.17, 15) is 19.7 Å². The molecular weight excluding hydrogens is 638 g/mol. The first-order valence-electron chi connectivity index (χ1n) is 14.8. The Labute approximate surface area is 282 Å². The molecule has 13 nitrogen and oxygen atoms in total. The van der Waals surface area contributed by atoms with Crippen molar-refractivity contribution in [2.45, 2.75) is 32.9 Å². The van der Waals surface area contributed by atoms with E-state index in [1.54, 1.807) is 62.4 Å². The number of methoxy groups -OCH3 is 1. The fourth-order valence-corrected chi connectivity index (χ4v) is 5.13. The molecule has 48 heavy (non-hydrogen) atoms. The number of carbonyl (C=O) groups excluding carboxylic acids is 2. The summed E-state index contributed by atoms with van der Waals surface area (Å²) in [5.41, 5.74) is 6.08. The monoisotopic (exact) mass is 673 g/mol. The number of non-ortho nitro benzene ring substituents is 1. The fraction of sp³-hybridized carbons (Fsp3) is 0.235. The standard InChI is InChI=1S/C34H35N5O8S/c1-5-9-24-16-23(17-28(44-4)32(24)47-19-22-12-14-25(15-13-22)39(42)43)18-35-38-29(40)20-46-27-11-8-7-10-26(27)31-30(33(41)45-6-2)21(3)36-34(48)37-31/h5,7-8,10-18,31H,1,6,9,19-20H2,2-4H3,(H,38,40)(H2,36,37,48)/t31-/m1/s1. The minimum absolute atomic E-state index is 0.00690. The number of nitrogens with zero attached hydrogens (tertiary/aromatic N) is 2. The molecule has 0 spiro atoms. The second kappa shape index (κ2) is 16.7. The number of hydrogen-bond donors (Lipinski definition) is 3. The quantitative estimate of drug-likeness (QED) is 0.0508. The first kappa shape index (κ1) is 35.1. The van der Waals surface area contributed by atoms with Crippen LogP contribution in [0, 0.1) is 10.1 Å². The van der Waals surface area contributed by atoms with E-state index in [4.69, 9.17) is 31.2 Å². The van der Waals surface area contributed by atoms with E-state index >= 15 is 0 Å². The number of ether oxygens (including phenoxy) is 4. The number of nitro benzene ring substituents is 1. The lowest BCUT2D eigenvalue weighted by Gasteiger charge is -2.30. The summed E-state index contributed by atoms with van der Waals surface area (Å²) in [5.74, 6) is 0.275. The summed E-state index contributed by atoms with van der Waals surface area (Å²) in [4.78, 5) is 36.0. The molecule has 0 saturated heterocycles. The average Bonchev–Trinajstić information content (AvgIpc) is 3.06. The van der Waals surface area contributed by atoms with Crippen molar-refractivity contribution in [1.29, 1.82) is 0 Å². The van der Waals surface area contributed by atoms with Crippen LogP contribution < -0.4 is 30.3 Å². The third-order valence-corrected chi connectivity index (χ3v) is 7.24. The summed E-state index contributed by atoms with van der Waals surface area (Å²) in [5, 5.41) is 21.4. The molecule has 1 amide bonds. The Kier molecular flexibility index (Phi) is 12.2. The van der Waals surface area contributed by atoms with Gasteiger partial charge in [0.25, 0.3) is 11.6 Å². The number of thiocarbonyl (C=S) groups is 1. The number of para-hydroxylation sites is 1. The van der Waals surface area contributed by atoms with E-state index in [0.29, 0.717) is 51.2 Å². The maximum Gasteiger partial charge on any atom is 0.338 e. The lowest BCUT2D eigenvalue weighted by molar-refractivity contribution is -0.384. The van der Waals surface area contributed by atoms with E-state index in [0.717, 1.165) is 11.1 Å². The molecule has 0 saturated carbocycles. The van der Waals surface area contributed by atoms with Crippen molar-refractivity contribution in [2.24, 2.45) is 5.10 Å². The molecule has 1 atom stereocenters. The number of nitrogens with one attached hydrogen (secondary N) is 3. The molecule has 0 fully saturated rings. The van der Waals surface area contributed by atoms with Crippen molar-refractivity contribution in [1.82, 2.24) is 16.1 Å². The highest BCUT2D eigenvalue weighted by Crippen LogP contribution is 2.35. The number of hydrogen-bond acceptors (Lipinski definition) is 10. The molecular formula is C34H35N5O8S. The maximum atomic E-state index is 12.8. The van der Waals surface area contributed by atoms with Crippen molar-refractivity contribution in [2.75, 3.05) is 20.3 Å². The number of allylic oxidation sites excluding steroid dienone is 2. The largest absolute Gasteiger partial charge is 0.493 e. The number of rotatable bonds is 15. The first-order chi connectivity index (χ1) is 23.1. The highest BCUT2D eigenvalue weighted by atomic mass is 32.1. The second-order valence-electron chi connectivity index (χ2n) is 10.3. The number of amides is 1. The third-order valence-electron chi connectivity index (χ3n) is 7.02. The molecule has 14 heteroatoms. The van der Waals surface area contributed by atoms with Gasteiger partial charge in [-0.25, -0.2) is 10.2 Å². The van der Waals surface area contributed by atoms with Crippen LogP contribution in [0.2, 0.25) is 0 Å². The highest BCUT2D eigenvalue weighted by Gasteiger charge is 2.32. The number of hydrazone groups is 1. The van der Waals surface area contributed by atoms with Gasteiger partial charge in [-0.2, -0.15) is 5.10 Å². The maximum absolute atomic E-state index is 12.8. The normalized spacial score (nSPS) is 14.1. The average molecular weight is 674 g/mol. The van der Waals surface area contributed by atoms with Gasteiger partial charge in [0, 0.05) is 29.0 Å². The Morgan fingerprint density at radius 3 is 2.56 bits per heavy atom. The van der Waals surface area contributed by atoms with E-state index in [1.165, 1.54) is 25.5 Å². The van der Waals surface area contributed by atoms with Crippen LogP contribution in [0.25, 0.3) is 0 Å². The SMILES string of the molecule is C=CCc1cc(C=NNC(=O)COc2ccccc2[C@H]2NC(=S)NC(C)=C2C(=O)OCC)cc(OC)c1OCc1ccc([N+](=O)[O-])cc1. The van der Waals surface area contributed by atoms with Crippen molar-refractivity contribution >= 4 is 41.1 Å². The van der Waals surface area contributed by atoms with Gasteiger partial charge in [0.05, 0.1) is 36.5 Å². The lowest BCUT2D eigenvalue weighted by atomic mass is 9.95. The van der Waals surface area contributed by atoms with Crippen LogP contribution in [-0.4, -0.2) is 48.5 Å². The van der Waals surface area contributed by atoms with E-state index < -0.39 is 22.8 Å². The number of carbonyl (C=O) groups is 2. The minimum Gasteiger partial charge on any atom is -0.493 e. The molecule has 0 radical (unpaired) electrons. The topological polar surface area (TPSA) is 163 Å². The minimum atomic E-state index is -0.657. The molecule has 0 unspecified atom stereocenters. The van der Waals surface area contributed by atoms with Gasteiger partial charge in [-0.05, 0) is 73.9 Å². The lowest BCUT2D eigenvalue weighted by Crippen LogP contribution is -2.45. The van der Waals surface area contributed by atoms with E-state index in [-0.39, 0.29) is 25.5 Å². The highest BCUT2D eigenvalue weighted by molar-refractivity contribution is 7.80. The van der Waals surface area contributed by atoms with Gasteiger partial charge in [0.1, 0.15) is 12.4 Å². The van der Waals surface area contributed by atoms with Gasteiger partial charge in [0.15, 0.2) is 23.2 Å². The second-order valence-corrected chi connectivity index (χ2v) is 10.7. The molecule has 1 aliphatic rings. The van der Waals surface area contributed by atoms with Gasteiger partial charge in [-0.3, -0.25) is 14.9 Å².